The molecule has 0 spiro atoms. The summed E-state index contributed by atoms with van der Waals surface area (Å²) in [5.74, 6) is 0.536. The molecule has 0 radical (unpaired) electrons. The highest BCUT2D eigenvalue weighted by Crippen LogP contribution is 2.13. The summed E-state index contributed by atoms with van der Waals surface area (Å²) in [6.45, 7) is 5.85. The Morgan fingerprint density at radius 3 is 2.38 bits per heavy atom. The van der Waals surface area contributed by atoms with Crippen LogP contribution in [0, 0.1) is 0 Å². The molecule has 0 unspecified atom stereocenters. The third kappa shape index (κ3) is 5.88. The molecule has 0 atom stereocenters. The third-order valence-electron chi connectivity index (χ3n) is 3.45. The standard InChI is InChI=1S/C20H24N2O2/c1-15(2)24-19-13-11-18(12-14-19)20(23)22-21-16(3)9-10-17-7-5-4-6-8-17/h4-8,11-15H,9-10H2,1-3H3,(H,22,23)/b21-16-. The normalized spacial score (nSPS) is 11.4. The molecule has 2 rings (SSSR count). The summed E-state index contributed by atoms with van der Waals surface area (Å²) in [6, 6.07) is 17.3. The summed E-state index contributed by atoms with van der Waals surface area (Å²) in [4.78, 5) is 12.1. The first-order valence-electron chi connectivity index (χ1n) is 8.19. The van der Waals surface area contributed by atoms with Gasteiger partial charge in [0.2, 0.25) is 0 Å². The lowest BCUT2D eigenvalue weighted by molar-refractivity contribution is 0.0954. The Bertz CT molecular complexity index is 677. The zero-order valence-electron chi connectivity index (χ0n) is 14.5. The molecule has 0 aromatic heterocycles. The fourth-order valence-electron chi connectivity index (χ4n) is 2.19. The second-order valence-electron chi connectivity index (χ2n) is 5.96. The molecule has 0 aliphatic carbocycles. The van der Waals surface area contributed by atoms with E-state index in [1.165, 1.54) is 5.56 Å². The van der Waals surface area contributed by atoms with E-state index in [0.717, 1.165) is 24.3 Å². The highest BCUT2D eigenvalue weighted by atomic mass is 16.5. The summed E-state index contributed by atoms with van der Waals surface area (Å²) in [6.07, 6.45) is 1.83. The minimum atomic E-state index is -0.217. The number of benzene rings is 2. The molecule has 4 nitrogen and oxygen atoms in total. The molecule has 0 aliphatic heterocycles. The molecule has 1 amide bonds. The van der Waals surface area contributed by atoms with Gasteiger partial charge in [0.25, 0.3) is 5.91 Å². The maximum Gasteiger partial charge on any atom is 0.271 e. The van der Waals surface area contributed by atoms with E-state index in [0.29, 0.717) is 5.56 Å². The number of hydrogen-bond donors (Lipinski definition) is 1. The average molecular weight is 324 g/mol. The molecule has 24 heavy (non-hydrogen) atoms. The SMILES string of the molecule is C/C(CCc1ccccc1)=N/NC(=O)c1ccc(OC(C)C)cc1. The summed E-state index contributed by atoms with van der Waals surface area (Å²) in [7, 11) is 0. The van der Waals surface area contributed by atoms with Crippen molar-refractivity contribution < 1.29 is 9.53 Å². The molecule has 0 aliphatic rings. The van der Waals surface area contributed by atoms with Crippen LogP contribution in [-0.2, 0) is 6.42 Å². The van der Waals surface area contributed by atoms with E-state index in [-0.39, 0.29) is 12.0 Å². The number of carbonyl (C=O) groups is 1. The molecular weight excluding hydrogens is 300 g/mol. The summed E-state index contributed by atoms with van der Waals surface area (Å²) >= 11 is 0. The number of hydrazone groups is 1. The number of nitrogens with one attached hydrogen (secondary N) is 1. The van der Waals surface area contributed by atoms with Crippen LogP contribution in [0.25, 0.3) is 0 Å². The molecular formula is C20H24N2O2. The van der Waals surface area contributed by atoms with Crippen LogP contribution in [-0.4, -0.2) is 17.7 Å². The Hall–Kier alpha value is -2.62. The van der Waals surface area contributed by atoms with Crippen LogP contribution in [0.5, 0.6) is 5.75 Å². The van der Waals surface area contributed by atoms with E-state index >= 15 is 0 Å². The van der Waals surface area contributed by atoms with Crippen molar-refractivity contribution in [3.05, 3.63) is 65.7 Å². The molecule has 0 bridgehead atoms. The third-order valence-corrected chi connectivity index (χ3v) is 3.45. The number of carbonyl (C=O) groups excluding carboxylic acids is 1. The lowest BCUT2D eigenvalue weighted by atomic mass is 10.1. The Kier molecular flexibility index (Phi) is 6.55. The van der Waals surface area contributed by atoms with Gasteiger partial charge in [0.1, 0.15) is 5.75 Å². The van der Waals surface area contributed by atoms with Crippen molar-refractivity contribution in [2.24, 2.45) is 5.10 Å². The van der Waals surface area contributed by atoms with Crippen molar-refractivity contribution in [1.29, 1.82) is 0 Å². The lowest BCUT2D eigenvalue weighted by Gasteiger charge is -2.09. The van der Waals surface area contributed by atoms with Gasteiger partial charge in [0, 0.05) is 11.3 Å². The second-order valence-corrected chi connectivity index (χ2v) is 5.96. The van der Waals surface area contributed by atoms with E-state index in [4.69, 9.17) is 4.74 Å². The maximum absolute atomic E-state index is 12.1. The van der Waals surface area contributed by atoms with Gasteiger partial charge in [0.05, 0.1) is 6.10 Å². The summed E-state index contributed by atoms with van der Waals surface area (Å²) < 4.78 is 5.56. The van der Waals surface area contributed by atoms with Gasteiger partial charge in [-0.2, -0.15) is 5.10 Å². The second kappa shape index (κ2) is 8.87. The van der Waals surface area contributed by atoms with Gasteiger partial charge < -0.3 is 4.74 Å². The molecule has 2 aromatic rings. The molecule has 126 valence electrons. The van der Waals surface area contributed by atoms with Crippen molar-refractivity contribution in [2.75, 3.05) is 0 Å². The molecule has 0 saturated carbocycles. The molecule has 4 heteroatoms. The fourth-order valence-corrected chi connectivity index (χ4v) is 2.19. The van der Waals surface area contributed by atoms with Crippen molar-refractivity contribution in [2.45, 2.75) is 39.7 Å². The first-order chi connectivity index (χ1) is 11.5. The van der Waals surface area contributed by atoms with Gasteiger partial charge in [-0.05, 0) is 63.4 Å². The summed E-state index contributed by atoms with van der Waals surface area (Å²) in [5.41, 5.74) is 5.32. The van der Waals surface area contributed by atoms with Crippen molar-refractivity contribution >= 4 is 11.6 Å². The van der Waals surface area contributed by atoms with E-state index in [2.05, 4.69) is 22.7 Å². The highest BCUT2D eigenvalue weighted by Gasteiger charge is 2.05. The van der Waals surface area contributed by atoms with Gasteiger partial charge in [0.15, 0.2) is 0 Å². The van der Waals surface area contributed by atoms with Crippen molar-refractivity contribution in [3.63, 3.8) is 0 Å². The quantitative estimate of drug-likeness (QED) is 0.612. The first-order valence-corrected chi connectivity index (χ1v) is 8.19. The highest BCUT2D eigenvalue weighted by molar-refractivity contribution is 5.95. The van der Waals surface area contributed by atoms with Crippen LogP contribution >= 0.6 is 0 Å². The van der Waals surface area contributed by atoms with Gasteiger partial charge in [-0.3, -0.25) is 4.79 Å². The topological polar surface area (TPSA) is 50.7 Å². The Morgan fingerprint density at radius 1 is 1.08 bits per heavy atom. The molecule has 2 aromatic carbocycles. The molecule has 1 N–H and O–H groups in total. The van der Waals surface area contributed by atoms with E-state index in [9.17, 15) is 4.79 Å². The minimum Gasteiger partial charge on any atom is -0.491 e. The van der Waals surface area contributed by atoms with Gasteiger partial charge in [-0.1, -0.05) is 30.3 Å². The number of hydrogen-bond acceptors (Lipinski definition) is 3. The van der Waals surface area contributed by atoms with E-state index in [1.54, 1.807) is 24.3 Å². The predicted octanol–water partition coefficient (Wildman–Crippen LogP) is 4.21. The molecule has 0 saturated heterocycles. The van der Waals surface area contributed by atoms with E-state index < -0.39 is 0 Å². The Balaban J connectivity index is 1.84. The molecule has 0 heterocycles. The Morgan fingerprint density at radius 2 is 1.75 bits per heavy atom. The minimum absolute atomic E-state index is 0.113. The van der Waals surface area contributed by atoms with Gasteiger partial charge in [-0.15, -0.1) is 0 Å². The van der Waals surface area contributed by atoms with Crippen LogP contribution < -0.4 is 10.2 Å². The van der Waals surface area contributed by atoms with E-state index in [1.807, 2.05) is 39.0 Å². The monoisotopic (exact) mass is 324 g/mol. The van der Waals surface area contributed by atoms with Crippen LogP contribution in [0.1, 0.15) is 43.1 Å². The van der Waals surface area contributed by atoms with Gasteiger partial charge in [-0.25, -0.2) is 5.43 Å². The number of amides is 1. The number of nitrogens with zero attached hydrogens (tertiary/aromatic N) is 1. The largest absolute Gasteiger partial charge is 0.491 e. The van der Waals surface area contributed by atoms with Crippen LogP contribution in [0.4, 0.5) is 0 Å². The first kappa shape index (κ1) is 17.7. The lowest BCUT2D eigenvalue weighted by Crippen LogP contribution is -2.19. The smallest absolute Gasteiger partial charge is 0.271 e. The number of rotatable bonds is 7. The number of aryl methyl sites for hydroxylation is 1. The average Bonchev–Trinajstić information content (AvgIpc) is 2.59. The predicted molar refractivity (Wildman–Crippen MR) is 97.5 cm³/mol. The van der Waals surface area contributed by atoms with Crippen LogP contribution in [0.15, 0.2) is 59.7 Å². The maximum atomic E-state index is 12.1. The van der Waals surface area contributed by atoms with Crippen LogP contribution in [0.3, 0.4) is 0 Å². The van der Waals surface area contributed by atoms with Crippen molar-refractivity contribution in [1.82, 2.24) is 5.43 Å². The Labute approximate surface area is 143 Å². The van der Waals surface area contributed by atoms with Crippen molar-refractivity contribution in [3.8, 4) is 5.75 Å². The van der Waals surface area contributed by atoms with Gasteiger partial charge >= 0.3 is 0 Å². The summed E-state index contributed by atoms with van der Waals surface area (Å²) in [5, 5.41) is 4.17. The zero-order valence-corrected chi connectivity index (χ0v) is 14.5. The fraction of sp³-hybridized carbons (Fsp3) is 0.300. The molecule has 0 fully saturated rings. The van der Waals surface area contributed by atoms with Crippen LogP contribution in [0.2, 0.25) is 0 Å². The zero-order chi connectivity index (χ0) is 17.4. The number of ether oxygens (including phenoxy) is 1.